The predicted octanol–water partition coefficient (Wildman–Crippen LogP) is 7.06. The first-order valence-corrected chi connectivity index (χ1v) is 10.5. The standard InChI is InChI=1S/4C7H7.O.Os/c4*1-7-5-3-2-4-6-7;;/h4*2-5H,1H3;;/q4*-1;;. The van der Waals surface area contributed by atoms with Gasteiger partial charge in [0.2, 0.25) is 0 Å². The number of rotatable bonds is 0. The third-order valence-corrected chi connectivity index (χ3v) is 3.46. The van der Waals surface area contributed by atoms with Crippen LogP contribution in [0.4, 0.5) is 0 Å². The van der Waals surface area contributed by atoms with Gasteiger partial charge in [-0.2, -0.15) is 144 Å². The van der Waals surface area contributed by atoms with E-state index in [-0.39, 0.29) is 0 Å². The normalized spacial score (nSPS) is 8.30. The summed E-state index contributed by atoms with van der Waals surface area (Å²) < 4.78 is 8.28. The number of hydrogen-bond donors (Lipinski definition) is 0. The fraction of sp³-hybridized carbons (Fsp3) is 0.143. The summed E-state index contributed by atoms with van der Waals surface area (Å²) >= 11 is 0.611. The molecule has 0 amide bonds. The second kappa shape index (κ2) is 19.6. The summed E-state index contributed by atoms with van der Waals surface area (Å²) in [5.41, 5.74) is 4.79. The van der Waals surface area contributed by atoms with Crippen molar-refractivity contribution in [3.8, 4) is 0 Å². The van der Waals surface area contributed by atoms with Crippen molar-refractivity contribution in [3.05, 3.63) is 144 Å². The molecule has 0 radical (unpaired) electrons. The summed E-state index contributed by atoms with van der Waals surface area (Å²) in [7, 11) is 0. The molecule has 4 rings (SSSR count). The fourth-order valence-corrected chi connectivity index (χ4v) is 1.93. The van der Waals surface area contributed by atoms with E-state index in [0.29, 0.717) is 18.6 Å². The molecule has 0 aliphatic heterocycles. The first-order chi connectivity index (χ1) is 14.6. The molecule has 0 aromatic heterocycles. The van der Waals surface area contributed by atoms with Crippen LogP contribution >= 0.6 is 0 Å². The van der Waals surface area contributed by atoms with E-state index in [2.05, 4.69) is 24.3 Å². The SMILES string of the molecule is Cc1[c-]cccc1.Cc1[c-]cccc1.Cc1[c-]cccc1.Cc1[c-]cccc1.[O]=[Os]. The van der Waals surface area contributed by atoms with Gasteiger partial charge in [-0.05, 0) is 0 Å². The van der Waals surface area contributed by atoms with E-state index in [0.717, 1.165) is 0 Å². The zero-order chi connectivity index (χ0) is 22.5. The average molecular weight is 571 g/mol. The molecule has 30 heavy (non-hydrogen) atoms. The van der Waals surface area contributed by atoms with Crippen LogP contribution in [-0.2, 0) is 22.1 Å². The Bertz CT molecular complexity index is 698. The Labute approximate surface area is 193 Å². The summed E-state index contributed by atoms with van der Waals surface area (Å²) in [6, 6.07) is 43.8. The molecule has 4 aromatic carbocycles. The van der Waals surface area contributed by atoms with Crippen LogP contribution in [0.5, 0.6) is 0 Å². The van der Waals surface area contributed by atoms with Gasteiger partial charge in [-0.15, -0.1) is 0 Å². The molecular weight excluding hydrogens is 543 g/mol. The molecule has 0 spiro atoms. The van der Waals surface area contributed by atoms with Gasteiger partial charge < -0.3 is 0 Å². The zero-order valence-electron chi connectivity index (χ0n) is 18.0. The van der Waals surface area contributed by atoms with Crippen molar-refractivity contribution in [2.24, 2.45) is 0 Å². The van der Waals surface area contributed by atoms with Crippen LogP contribution in [0.25, 0.3) is 0 Å². The van der Waals surface area contributed by atoms with Gasteiger partial charge >= 0.3 is 22.1 Å². The topological polar surface area (TPSA) is 17.1 Å². The van der Waals surface area contributed by atoms with Crippen LogP contribution in [0.1, 0.15) is 22.3 Å². The van der Waals surface area contributed by atoms with Gasteiger partial charge in [-0.1, -0.05) is 27.7 Å². The van der Waals surface area contributed by atoms with Crippen molar-refractivity contribution in [2.45, 2.75) is 27.7 Å². The van der Waals surface area contributed by atoms with Crippen molar-refractivity contribution in [3.63, 3.8) is 0 Å². The van der Waals surface area contributed by atoms with E-state index in [9.17, 15) is 0 Å². The van der Waals surface area contributed by atoms with Gasteiger partial charge in [0.05, 0.1) is 0 Å². The van der Waals surface area contributed by atoms with E-state index in [1.165, 1.54) is 22.3 Å². The third-order valence-electron chi connectivity index (χ3n) is 3.46. The fourth-order valence-electron chi connectivity index (χ4n) is 1.93. The molecule has 1 nitrogen and oxygen atoms in total. The Morgan fingerprint density at radius 1 is 0.433 bits per heavy atom. The van der Waals surface area contributed by atoms with Crippen LogP contribution in [0.15, 0.2) is 97.1 Å². The summed E-state index contributed by atoms with van der Waals surface area (Å²) in [6.45, 7) is 8.11. The second-order valence-corrected chi connectivity index (χ2v) is 6.18. The first kappa shape index (κ1) is 27.3. The average Bonchev–Trinajstić information content (AvgIpc) is 2.79. The van der Waals surface area contributed by atoms with E-state index < -0.39 is 0 Å². The molecule has 0 N–H and O–H groups in total. The molecular formula is C28H28OOs-4. The van der Waals surface area contributed by atoms with Crippen molar-refractivity contribution in [2.75, 3.05) is 0 Å². The summed E-state index contributed by atoms with van der Waals surface area (Å²) in [5.74, 6) is 0. The maximum atomic E-state index is 8.28. The Morgan fingerprint density at radius 3 is 0.700 bits per heavy atom. The molecule has 0 unspecified atom stereocenters. The Balaban J connectivity index is 0.000000363. The van der Waals surface area contributed by atoms with Crippen LogP contribution in [0, 0.1) is 52.0 Å². The van der Waals surface area contributed by atoms with Crippen molar-refractivity contribution < 1.29 is 22.1 Å². The minimum atomic E-state index is 0.611. The Kier molecular flexibility index (Phi) is 17.9. The molecule has 158 valence electrons. The number of hydrogen-bond acceptors (Lipinski definition) is 1. The number of benzene rings is 4. The third kappa shape index (κ3) is 17.4. The van der Waals surface area contributed by atoms with Gasteiger partial charge in [0.25, 0.3) is 0 Å². The molecule has 0 aliphatic rings. The summed E-state index contributed by atoms with van der Waals surface area (Å²) in [4.78, 5) is 0. The van der Waals surface area contributed by atoms with E-state index >= 15 is 0 Å². The second-order valence-electron chi connectivity index (χ2n) is 6.18. The van der Waals surface area contributed by atoms with Crippen molar-refractivity contribution in [1.82, 2.24) is 0 Å². The molecule has 0 saturated carbocycles. The quantitative estimate of drug-likeness (QED) is 0.207. The predicted molar refractivity (Wildman–Crippen MR) is 121 cm³/mol. The van der Waals surface area contributed by atoms with Crippen LogP contribution in [0.3, 0.4) is 0 Å². The monoisotopic (exact) mass is 572 g/mol. The van der Waals surface area contributed by atoms with Gasteiger partial charge in [0.15, 0.2) is 0 Å². The van der Waals surface area contributed by atoms with Gasteiger partial charge in [0.1, 0.15) is 0 Å². The summed E-state index contributed by atoms with van der Waals surface area (Å²) in [6.07, 6.45) is 0. The van der Waals surface area contributed by atoms with E-state index in [1.54, 1.807) is 0 Å². The molecule has 0 aliphatic carbocycles. The number of aryl methyl sites for hydroxylation is 4. The molecule has 0 bridgehead atoms. The van der Waals surface area contributed by atoms with E-state index in [4.69, 9.17) is 3.54 Å². The molecule has 0 atom stereocenters. The van der Waals surface area contributed by atoms with Gasteiger partial charge in [-0.3, -0.25) is 0 Å². The van der Waals surface area contributed by atoms with Crippen molar-refractivity contribution in [1.29, 1.82) is 0 Å². The molecule has 0 saturated heterocycles. The molecule has 2 heteroatoms. The van der Waals surface area contributed by atoms with E-state index in [1.807, 2.05) is 125 Å². The molecule has 0 heterocycles. The van der Waals surface area contributed by atoms with Crippen LogP contribution in [0.2, 0.25) is 0 Å². The maximum absolute atomic E-state index is 8.28. The molecule has 4 aromatic rings. The molecule has 0 fully saturated rings. The minimum absolute atomic E-state index is 0.611. The Morgan fingerprint density at radius 2 is 0.633 bits per heavy atom. The zero-order valence-corrected chi connectivity index (χ0v) is 20.5. The Hall–Kier alpha value is -2.68. The van der Waals surface area contributed by atoms with Gasteiger partial charge in [0, 0.05) is 0 Å². The van der Waals surface area contributed by atoms with Crippen LogP contribution < -0.4 is 0 Å². The van der Waals surface area contributed by atoms with Crippen molar-refractivity contribution >= 4 is 0 Å². The van der Waals surface area contributed by atoms with Gasteiger partial charge in [-0.25, -0.2) is 0 Å². The summed E-state index contributed by atoms with van der Waals surface area (Å²) in [5, 5.41) is 0. The first-order valence-electron chi connectivity index (χ1n) is 9.45. The van der Waals surface area contributed by atoms with Crippen LogP contribution in [-0.4, -0.2) is 0 Å².